The lowest BCUT2D eigenvalue weighted by Crippen LogP contribution is -2.16. The molecule has 0 saturated carbocycles. The lowest BCUT2D eigenvalue weighted by molar-refractivity contribution is 0.568. The second-order valence-electron chi connectivity index (χ2n) is 32.9. The molecule has 450 valence electrons. The molecule has 0 radical (unpaired) electrons. The zero-order valence-electron chi connectivity index (χ0n) is 57.6. The van der Waals surface area contributed by atoms with Crippen molar-refractivity contribution in [2.24, 2.45) is 0 Å². The van der Waals surface area contributed by atoms with Gasteiger partial charge < -0.3 is 0 Å². The number of benzene rings is 7. The van der Waals surface area contributed by atoms with Gasteiger partial charge in [-0.2, -0.15) is 0 Å². The van der Waals surface area contributed by atoms with E-state index in [1.54, 1.807) is 0 Å². The van der Waals surface area contributed by atoms with Crippen LogP contribution in [0.4, 0.5) is 0 Å². The van der Waals surface area contributed by atoms with Crippen LogP contribution in [0.15, 0.2) is 133 Å². The Morgan fingerprint density at radius 1 is 0.140 bits per heavy atom. The van der Waals surface area contributed by atoms with Crippen LogP contribution in [0.5, 0.6) is 0 Å². The minimum absolute atomic E-state index is 0.0407. The molecule has 86 heavy (non-hydrogen) atoms. The first-order chi connectivity index (χ1) is 39.5. The van der Waals surface area contributed by atoms with Crippen LogP contribution in [0.3, 0.4) is 0 Å². The second-order valence-corrected chi connectivity index (χ2v) is 32.9. The van der Waals surface area contributed by atoms with Crippen molar-refractivity contribution >= 4 is 72.9 Å². The molecule has 0 heterocycles. The fourth-order valence-corrected chi connectivity index (χ4v) is 10.3. The van der Waals surface area contributed by atoms with E-state index in [0.717, 1.165) is 44.5 Å². The fourth-order valence-electron chi connectivity index (χ4n) is 10.3. The standard InChI is InChI=1S/C86H106/c1-79(2,3)71-47-67(48-72(55-71)80(4,5)6)37-33-63-41-61(42-64(45-63)34-38-68-49-73(81(7,8)9)56-74(50-68)82(10,11)12)31-29-59-25-27-60(28-26-59)30-32-62-43-65(35-39-69-51-75(83(13,14)15)57-76(52-69)84(16,17)18)46-66(44-62)36-40-70-53-77(85(19,20)21)58-78(54-70)86(22,23)24/h25-58H,1-24H3/b31-29+,32-30+,37-33+,38-34+,39-35+,40-36+. The molecular formula is C86H106. The van der Waals surface area contributed by atoms with Gasteiger partial charge in [-0.05, 0) is 191 Å². The van der Waals surface area contributed by atoms with E-state index in [1.165, 1.54) is 66.8 Å². The maximum Gasteiger partial charge on any atom is -0.0132 e. The van der Waals surface area contributed by atoms with Crippen molar-refractivity contribution in [3.8, 4) is 0 Å². The lowest BCUT2D eigenvalue weighted by Gasteiger charge is -2.25. The normalized spacial score (nSPS) is 13.8. The molecule has 0 bridgehead atoms. The minimum Gasteiger partial charge on any atom is -0.0561 e. The zero-order valence-corrected chi connectivity index (χ0v) is 57.6. The van der Waals surface area contributed by atoms with E-state index in [4.69, 9.17) is 0 Å². The molecular weight excluding hydrogens is 1030 g/mol. The van der Waals surface area contributed by atoms with Crippen LogP contribution in [0.25, 0.3) is 72.9 Å². The Hall–Kier alpha value is -7.02. The summed E-state index contributed by atoms with van der Waals surface area (Å²) < 4.78 is 0. The predicted molar refractivity (Wildman–Crippen MR) is 388 cm³/mol. The summed E-state index contributed by atoms with van der Waals surface area (Å²) >= 11 is 0. The van der Waals surface area contributed by atoms with E-state index >= 15 is 0 Å². The summed E-state index contributed by atoms with van der Waals surface area (Å²) in [5, 5.41) is 0. The summed E-state index contributed by atoms with van der Waals surface area (Å²) in [7, 11) is 0. The summed E-state index contributed by atoms with van der Waals surface area (Å²) in [6, 6.07) is 51.3. The molecule has 0 N–H and O–H groups in total. The summed E-state index contributed by atoms with van der Waals surface area (Å²) in [4.78, 5) is 0. The predicted octanol–water partition coefficient (Wildman–Crippen LogP) is 25.1. The van der Waals surface area contributed by atoms with Gasteiger partial charge >= 0.3 is 0 Å². The Balaban J connectivity index is 1.24. The second kappa shape index (κ2) is 25.4. The largest absolute Gasteiger partial charge is 0.0561 e. The van der Waals surface area contributed by atoms with E-state index in [0.29, 0.717) is 0 Å². The third-order valence-electron chi connectivity index (χ3n) is 16.5. The van der Waals surface area contributed by atoms with Crippen LogP contribution >= 0.6 is 0 Å². The van der Waals surface area contributed by atoms with Gasteiger partial charge in [0, 0.05) is 0 Å². The molecule has 0 aliphatic rings. The van der Waals surface area contributed by atoms with Crippen LogP contribution < -0.4 is 0 Å². The summed E-state index contributed by atoms with van der Waals surface area (Å²) in [6.45, 7) is 55.4. The van der Waals surface area contributed by atoms with Crippen LogP contribution in [0.1, 0.15) is 277 Å². The smallest absolute Gasteiger partial charge is 0.0132 e. The highest BCUT2D eigenvalue weighted by Gasteiger charge is 2.24. The quantitative estimate of drug-likeness (QED) is 0.107. The Morgan fingerprint density at radius 3 is 0.360 bits per heavy atom. The number of hydrogen-bond donors (Lipinski definition) is 0. The van der Waals surface area contributed by atoms with Crippen molar-refractivity contribution < 1.29 is 0 Å². The van der Waals surface area contributed by atoms with E-state index in [9.17, 15) is 0 Å². The first kappa shape index (κ1) is 66.5. The van der Waals surface area contributed by atoms with Crippen molar-refractivity contribution in [1.29, 1.82) is 0 Å². The molecule has 7 aromatic carbocycles. The third kappa shape index (κ3) is 19.0. The maximum absolute atomic E-state index is 2.40. The molecule has 7 aromatic rings. The van der Waals surface area contributed by atoms with E-state index < -0.39 is 0 Å². The van der Waals surface area contributed by atoms with Gasteiger partial charge in [0.15, 0.2) is 0 Å². The number of rotatable bonds is 12. The van der Waals surface area contributed by atoms with Gasteiger partial charge in [0.1, 0.15) is 0 Å². The Kier molecular flexibility index (Phi) is 19.6. The van der Waals surface area contributed by atoms with Crippen molar-refractivity contribution in [2.75, 3.05) is 0 Å². The van der Waals surface area contributed by atoms with Gasteiger partial charge in [-0.3, -0.25) is 0 Å². The highest BCUT2D eigenvalue weighted by Crippen LogP contribution is 2.36. The van der Waals surface area contributed by atoms with Crippen molar-refractivity contribution in [1.82, 2.24) is 0 Å². The fraction of sp³-hybridized carbons (Fsp3) is 0.372. The van der Waals surface area contributed by atoms with E-state index in [-0.39, 0.29) is 43.3 Å². The zero-order chi connectivity index (χ0) is 63.6. The topological polar surface area (TPSA) is 0 Å². The third-order valence-corrected chi connectivity index (χ3v) is 16.5. The van der Waals surface area contributed by atoms with Crippen molar-refractivity contribution in [3.05, 3.63) is 245 Å². The molecule has 0 heteroatoms. The van der Waals surface area contributed by atoms with Gasteiger partial charge in [-0.15, -0.1) is 0 Å². The molecule has 0 aliphatic carbocycles. The monoisotopic (exact) mass is 1140 g/mol. The Labute approximate surface area is 524 Å². The summed E-state index contributed by atoms with van der Waals surface area (Å²) in [6.07, 6.45) is 27.3. The lowest BCUT2D eigenvalue weighted by atomic mass is 9.79. The SMILES string of the molecule is CC(C)(C)c1cc(/C=C/c2cc(/C=C/c3ccc(/C=C/c4cc(/C=C/c5cc(C(C)(C)C)cc(C(C)(C)C)c5)cc(/C=C/c5cc(C(C)(C)C)cc(C(C)(C)C)c5)c4)cc3)cc(/C=C/c3cc(C(C)(C)C)cc(C(C)(C)C)c3)c2)cc(C(C)(C)C)c1. The van der Waals surface area contributed by atoms with E-state index in [2.05, 4.69) is 373 Å². The van der Waals surface area contributed by atoms with Gasteiger partial charge in [-0.1, -0.05) is 336 Å². The molecule has 7 rings (SSSR count). The van der Waals surface area contributed by atoms with Crippen LogP contribution in [0.2, 0.25) is 0 Å². The summed E-state index contributed by atoms with van der Waals surface area (Å²) in [5.74, 6) is 0. The molecule has 0 nitrogen and oxygen atoms in total. The van der Waals surface area contributed by atoms with Crippen LogP contribution in [-0.4, -0.2) is 0 Å². The Bertz CT molecular complexity index is 3130. The minimum atomic E-state index is 0.0407. The molecule has 0 amide bonds. The number of hydrogen-bond acceptors (Lipinski definition) is 0. The molecule has 0 saturated heterocycles. The molecule has 0 unspecified atom stereocenters. The first-order valence-electron chi connectivity index (χ1n) is 31.7. The Morgan fingerprint density at radius 2 is 0.244 bits per heavy atom. The summed E-state index contributed by atoms with van der Waals surface area (Å²) in [5.41, 5.74) is 25.3. The van der Waals surface area contributed by atoms with Crippen LogP contribution in [-0.2, 0) is 43.3 Å². The average Bonchev–Trinajstić information content (AvgIpc) is 3.07. The molecule has 0 aromatic heterocycles. The highest BCUT2D eigenvalue weighted by atomic mass is 14.3. The van der Waals surface area contributed by atoms with Gasteiger partial charge in [0.25, 0.3) is 0 Å². The molecule has 0 spiro atoms. The van der Waals surface area contributed by atoms with Crippen molar-refractivity contribution in [2.45, 2.75) is 209 Å². The van der Waals surface area contributed by atoms with Gasteiger partial charge in [0.05, 0.1) is 0 Å². The van der Waals surface area contributed by atoms with E-state index in [1.807, 2.05) is 0 Å². The molecule has 0 fully saturated rings. The van der Waals surface area contributed by atoms with Gasteiger partial charge in [0.2, 0.25) is 0 Å². The average molecular weight is 1140 g/mol. The van der Waals surface area contributed by atoms with Gasteiger partial charge in [-0.25, -0.2) is 0 Å². The highest BCUT2D eigenvalue weighted by molar-refractivity contribution is 5.82. The first-order valence-corrected chi connectivity index (χ1v) is 31.7. The maximum atomic E-state index is 2.40. The van der Waals surface area contributed by atoms with Crippen LogP contribution in [0, 0.1) is 0 Å². The molecule has 0 atom stereocenters. The molecule has 0 aliphatic heterocycles. The van der Waals surface area contributed by atoms with Crippen molar-refractivity contribution in [3.63, 3.8) is 0 Å².